The molecule has 0 aliphatic carbocycles. The summed E-state index contributed by atoms with van der Waals surface area (Å²) in [7, 11) is -2.50. The topological polar surface area (TPSA) is 45.5 Å². The molecule has 128 valence electrons. The van der Waals surface area contributed by atoms with Gasteiger partial charge in [-0.05, 0) is 45.7 Å². The second-order valence-electron chi connectivity index (χ2n) is 5.37. The minimum absolute atomic E-state index is 0.637. The average molecular weight is 337 g/mol. The van der Waals surface area contributed by atoms with E-state index in [2.05, 4.69) is 21.7 Å². The molecule has 0 N–H and O–H groups in total. The molecule has 0 saturated heterocycles. The van der Waals surface area contributed by atoms with E-state index in [9.17, 15) is 0 Å². The van der Waals surface area contributed by atoms with Crippen LogP contribution in [0.3, 0.4) is 0 Å². The highest BCUT2D eigenvalue weighted by molar-refractivity contribution is 6.60. The first-order valence-electron chi connectivity index (χ1n) is 8.56. The number of benzene rings is 1. The molecule has 2 rings (SSSR count). The number of nitrogens with zero attached hydrogens (tertiary/aromatic N) is 2. The van der Waals surface area contributed by atoms with Crippen molar-refractivity contribution in [2.75, 3.05) is 19.8 Å². The van der Waals surface area contributed by atoms with Crippen LogP contribution in [-0.4, -0.2) is 38.2 Å². The Morgan fingerprint density at radius 2 is 1.61 bits per heavy atom. The standard InChI is InChI=1S/C17H28N2O3Si/c1-4-20-23(21-5-2,22-6-3)14-10-9-13-19-15-18-16-11-7-8-12-17(16)19/h7-8,11-12,15H,4-6,9-10,13-14H2,1-3H3. The SMILES string of the molecule is CCO[Si](CCCCn1cnc2ccccc21)(OCC)OCC. The summed E-state index contributed by atoms with van der Waals surface area (Å²) in [5.74, 6) is 0. The number of unbranched alkanes of at least 4 members (excludes halogenated alkanes) is 1. The van der Waals surface area contributed by atoms with Crippen molar-refractivity contribution in [3.05, 3.63) is 30.6 Å². The van der Waals surface area contributed by atoms with Gasteiger partial charge in [0, 0.05) is 32.4 Å². The number of hydrogen-bond acceptors (Lipinski definition) is 4. The molecule has 0 atom stereocenters. The van der Waals surface area contributed by atoms with E-state index < -0.39 is 8.80 Å². The zero-order valence-corrected chi connectivity index (χ0v) is 15.5. The van der Waals surface area contributed by atoms with Gasteiger partial charge in [0.2, 0.25) is 0 Å². The Bertz CT molecular complexity index is 571. The van der Waals surface area contributed by atoms with E-state index >= 15 is 0 Å². The third-order valence-electron chi connectivity index (χ3n) is 3.75. The van der Waals surface area contributed by atoms with E-state index in [4.69, 9.17) is 13.3 Å². The van der Waals surface area contributed by atoms with Crippen molar-refractivity contribution in [3.8, 4) is 0 Å². The molecule has 1 aromatic heterocycles. The van der Waals surface area contributed by atoms with Crippen LogP contribution in [0.25, 0.3) is 11.0 Å². The van der Waals surface area contributed by atoms with Crippen molar-refractivity contribution in [2.45, 2.75) is 46.2 Å². The van der Waals surface area contributed by atoms with Crippen molar-refractivity contribution < 1.29 is 13.3 Å². The van der Waals surface area contributed by atoms with Crippen LogP contribution in [0.2, 0.25) is 6.04 Å². The number of fused-ring (bicyclic) bond motifs is 1. The molecule has 0 aliphatic rings. The number of imidazole rings is 1. The van der Waals surface area contributed by atoms with Crippen LogP contribution in [0.5, 0.6) is 0 Å². The summed E-state index contributed by atoms with van der Waals surface area (Å²) in [5.41, 5.74) is 2.24. The fourth-order valence-corrected chi connectivity index (χ4v) is 5.50. The minimum Gasteiger partial charge on any atom is -0.374 e. The van der Waals surface area contributed by atoms with Crippen LogP contribution in [-0.2, 0) is 19.8 Å². The van der Waals surface area contributed by atoms with Gasteiger partial charge in [-0.3, -0.25) is 0 Å². The Morgan fingerprint density at radius 1 is 0.957 bits per heavy atom. The molecule has 0 saturated carbocycles. The predicted octanol–water partition coefficient (Wildman–Crippen LogP) is 3.86. The number of rotatable bonds is 11. The first-order valence-corrected chi connectivity index (χ1v) is 10.5. The highest BCUT2D eigenvalue weighted by Gasteiger charge is 2.39. The van der Waals surface area contributed by atoms with Gasteiger partial charge < -0.3 is 17.8 Å². The largest absolute Gasteiger partial charge is 0.500 e. The summed E-state index contributed by atoms with van der Waals surface area (Å²) in [6.45, 7) is 8.86. The fraction of sp³-hybridized carbons (Fsp3) is 0.588. The van der Waals surface area contributed by atoms with Gasteiger partial charge >= 0.3 is 8.80 Å². The van der Waals surface area contributed by atoms with Crippen LogP contribution in [0.4, 0.5) is 0 Å². The summed E-state index contributed by atoms with van der Waals surface area (Å²) in [6, 6.07) is 9.10. The Balaban J connectivity index is 1.89. The van der Waals surface area contributed by atoms with Gasteiger partial charge in [-0.25, -0.2) is 4.98 Å². The van der Waals surface area contributed by atoms with Gasteiger partial charge in [0.15, 0.2) is 0 Å². The molecule has 1 aromatic carbocycles. The zero-order valence-electron chi connectivity index (χ0n) is 14.5. The molecular weight excluding hydrogens is 308 g/mol. The van der Waals surface area contributed by atoms with Gasteiger partial charge in [0.1, 0.15) is 0 Å². The smallest absolute Gasteiger partial charge is 0.374 e. The quantitative estimate of drug-likeness (QED) is 0.462. The van der Waals surface area contributed by atoms with Crippen LogP contribution >= 0.6 is 0 Å². The van der Waals surface area contributed by atoms with E-state index in [0.717, 1.165) is 30.9 Å². The van der Waals surface area contributed by atoms with Crippen molar-refractivity contribution in [1.29, 1.82) is 0 Å². The third kappa shape index (κ3) is 4.88. The first-order chi connectivity index (χ1) is 11.2. The molecule has 0 unspecified atom stereocenters. The Hall–Kier alpha value is -1.21. The highest BCUT2D eigenvalue weighted by Crippen LogP contribution is 2.20. The lowest BCUT2D eigenvalue weighted by Crippen LogP contribution is -2.45. The second kappa shape index (κ2) is 9.17. The molecule has 0 radical (unpaired) electrons. The van der Waals surface area contributed by atoms with Gasteiger partial charge in [-0.15, -0.1) is 0 Å². The Labute approximate surface area is 139 Å². The monoisotopic (exact) mass is 336 g/mol. The van der Waals surface area contributed by atoms with E-state index in [1.807, 2.05) is 39.2 Å². The Kier molecular flexibility index (Phi) is 7.23. The van der Waals surface area contributed by atoms with Gasteiger partial charge in [0.25, 0.3) is 0 Å². The normalized spacial score (nSPS) is 12.1. The molecule has 0 amide bonds. The Morgan fingerprint density at radius 3 is 2.26 bits per heavy atom. The molecular formula is C17H28N2O3Si. The molecule has 1 heterocycles. The van der Waals surface area contributed by atoms with Crippen LogP contribution in [0.15, 0.2) is 30.6 Å². The summed E-state index contributed by atoms with van der Waals surface area (Å²) >= 11 is 0. The van der Waals surface area contributed by atoms with Gasteiger partial charge in [0.05, 0.1) is 17.4 Å². The van der Waals surface area contributed by atoms with E-state index in [1.54, 1.807) is 0 Å². The molecule has 0 fully saturated rings. The maximum atomic E-state index is 5.89. The molecule has 23 heavy (non-hydrogen) atoms. The lowest BCUT2D eigenvalue weighted by molar-refractivity contribution is 0.0706. The molecule has 5 nitrogen and oxygen atoms in total. The van der Waals surface area contributed by atoms with Crippen molar-refractivity contribution >= 4 is 19.8 Å². The van der Waals surface area contributed by atoms with Crippen LogP contribution in [0, 0.1) is 0 Å². The lowest BCUT2D eigenvalue weighted by Gasteiger charge is -2.28. The number of aryl methyl sites for hydroxylation is 1. The molecule has 6 heteroatoms. The molecule has 0 spiro atoms. The van der Waals surface area contributed by atoms with E-state index in [1.165, 1.54) is 5.52 Å². The summed E-state index contributed by atoms with van der Waals surface area (Å²) in [5, 5.41) is 0. The van der Waals surface area contributed by atoms with Crippen molar-refractivity contribution in [3.63, 3.8) is 0 Å². The summed E-state index contributed by atoms with van der Waals surface area (Å²) < 4.78 is 19.9. The summed E-state index contributed by atoms with van der Waals surface area (Å²) in [6.07, 6.45) is 4.00. The van der Waals surface area contributed by atoms with Gasteiger partial charge in [-0.1, -0.05) is 12.1 Å². The zero-order chi connectivity index (χ0) is 16.5. The lowest BCUT2D eigenvalue weighted by atomic mass is 10.3. The minimum atomic E-state index is -2.50. The number of aromatic nitrogens is 2. The average Bonchev–Trinajstić information content (AvgIpc) is 2.96. The fourth-order valence-electron chi connectivity index (χ4n) is 2.81. The summed E-state index contributed by atoms with van der Waals surface area (Å²) in [4.78, 5) is 4.43. The molecule has 0 bridgehead atoms. The molecule has 0 aliphatic heterocycles. The van der Waals surface area contributed by atoms with E-state index in [0.29, 0.717) is 19.8 Å². The van der Waals surface area contributed by atoms with Crippen LogP contribution in [0.1, 0.15) is 33.6 Å². The van der Waals surface area contributed by atoms with Crippen molar-refractivity contribution in [1.82, 2.24) is 9.55 Å². The van der Waals surface area contributed by atoms with Gasteiger partial charge in [-0.2, -0.15) is 0 Å². The number of hydrogen-bond donors (Lipinski definition) is 0. The maximum absolute atomic E-state index is 5.89. The highest BCUT2D eigenvalue weighted by atomic mass is 28.4. The second-order valence-corrected chi connectivity index (χ2v) is 8.10. The predicted molar refractivity (Wildman–Crippen MR) is 94.4 cm³/mol. The van der Waals surface area contributed by atoms with Crippen LogP contribution < -0.4 is 0 Å². The maximum Gasteiger partial charge on any atom is 0.500 e. The van der Waals surface area contributed by atoms with E-state index in [-0.39, 0.29) is 0 Å². The number of para-hydroxylation sites is 2. The first kappa shape index (κ1) is 18.1. The van der Waals surface area contributed by atoms with Crippen molar-refractivity contribution in [2.24, 2.45) is 0 Å². The molecule has 2 aromatic rings. The third-order valence-corrected chi connectivity index (χ3v) is 6.90.